The summed E-state index contributed by atoms with van der Waals surface area (Å²) in [4.78, 5) is 21.0. The summed E-state index contributed by atoms with van der Waals surface area (Å²) in [5, 5.41) is 2.19. The zero-order chi connectivity index (χ0) is 8.69. The lowest BCUT2D eigenvalue weighted by Crippen LogP contribution is -2.28. The predicted octanol–water partition coefficient (Wildman–Crippen LogP) is -0.546. The van der Waals surface area contributed by atoms with Gasteiger partial charge in [0, 0.05) is 0 Å². The van der Waals surface area contributed by atoms with Crippen molar-refractivity contribution in [1.29, 1.82) is 0 Å². The monoisotopic (exact) mass is 178 g/mol. The minimum absolute atomic E-state index is 0.152. The number of nitrogens with one attached hydrogen (secondary N) is 1. The van der Waals surface area contributed by atoms with E-state index in [9.17, 15) is 9.59 Å². The fourth-order valence-electron chi connectivity index (χ4n) is 0.399. The summed E-state index contributed by atoms with van der Waals surface area (Å²) in [5.74, 6) is -0.476. The Morgan fingerprint density at radius 1 is 1.64 bits per heavy atom. The molecule has 0 aromatic carbocycles. The maximum Gasteiger partial charge on any atom is 0.346 e. The molecular formula is C5H10N2O3S. The van der Waals surface area contributed by atoms with Crippen LogP contribution in [0.3, 0.4) is 0 Å². The molecule has 0 fully saturated rings. The predicted molar refractivity (Wildman–Crippen MR) is 42.6 cm³/mol. The van der Waals surface area contributed by atoms with Crippen molar-refractivity contribution in [2.24, 2.45) is 4.36 Å². The number of urea groups is 1. The van der Waals surface area contributed by atoms with E-state index in [1.54, 1.807) is 6.92 Å². The molecule has 0 aliphatic heterocycles. The minimum atomic E-state index is -0.602. The summed E-state index contributed by atoms with van der Waals surface area (Å²) in [6.45, 7) is 1.84. The van der Waals surface area contributed by atoms with E-state index in [0.29, 0.717) is 6.61 Å². The Bertz CT molecular complexity index is 171. The average molecular weight is 178 g/mol. The molecule has 0 saturated carbocycles. The first-order valence-corrected chi connectivity index (χ1v) is 3.46. The van der Waals surface area contributed by atoms with Gasteiger partial charge in [-0.25, -0.2) is 4.79 Å². The Balaban J connectivity index is 3.45. The number of carbonyl (C=O) groups excluding carboxylic acids is 2. The van der Waals surface area contributed by atoms with Crippen LogP contribution < -0.4 is 5.32 Å². The summed E-state index contributed by atoms with van der Waals surface area (Å²) in [6, 6.07) is -0.602. The van der Waals surface area contributed by atoms with E-state index >= 15 is 0 Å². The van der Waals surface area contributed by atoms with E-state index in [1.807, 2.05) is 0 Å². The Morgan fingerprint density at radius 3 is 2.73 bits per heavy atom. The first-order chi connectivity index (χ1) is 5.20. The van der Waals surface area contributed by atoms with Gasteiger partial charge in [0.25, 0.3) is 0 Å². The molecule has 0 spiro atoms. The molecule has 0 unspecified atom stereocenters. The van der Waals surface area contributed by atoms with Crippen molar-refractivity contribution in [3.63, 3.8) is 0 Å². The van der Waals surface area contributed by atoms with Gasteiger partial charge in [-0.3, -0.25) is 4.79 Å². The number of hydrogen-bond donors (Lipinski definition) is 1. The number of rotatable bonds is 3. The van der Waals surface area contributed by atoms with E-state index in [2.05, 4.69) is 26.8 Å². The highest BCUT2D eigenvalue weighted by molar-refractivity contribution is 7.47. The molecule has 6 heteroatoms. The van der Waals surface area contributed by atoms with E-state index in [4.69, 9.17) is 0 Å². The van der Waals surface area contributed by atoms with E-state index in [-0.39, 0.29) is 6.54 Å². The Labute approximate surface area is 69.3 Å². The number of esters is 1. The Morgan fingerprint density at radius 2 is 2.27 bits per heavy atom. The molecular weight excluding hydrogens is 168 g/mol. The van der Waals surface area contributed by atoms with Crippen LogP contribution in [0.1, 0.15) is 6.92 Å². The molecule has 0 aromatic rings. The van der Waals surface area contributed by atoms with E-state index in [0.717, 1.165) is 0 Å². The van der Waals surface area contributed by atoms with Gasteiger partial charge in [-0.05, 0) is 6.92 Å². The second-order valence-corrected chi connectivity index (χ2v) is 1.80. The van der Waals surface area contributed by atoms with E-state index < -0.39 is 12.0 Å². The molecule has 0 aliphatic carbocycles. The second-order valence-electron chi connectivity index (χ2n) is 1.58. The Hall–Kier alpha value is -0.910. The van der Waals surface area contributed by atoms with Gasteiger partial charge in [0.1, 0.15) is 6.54 Å². The lowest BCUT2D eigenvalue weighted by atomic mass is 10.6. The van der Waals surface area contributed by atoms with Gasteiger partial charge in [0.2, 0.25) is 0 Å². The molecule has 0 saturated heterocycles. The minimum Gasteiger partial charge on any atom is -0.465 e. The van der Waals surface area contributed by atoms with Crippen molar-refractivity contribution in [1.82, 2.24) is 5.32 Å². The van der Waals surface area contributed by atoms with Crippen LogP contribution >= 0.6 is 0 Å². The third kappa shape index (κ3) is 5.53. The number of nitrogens with zero attached hydrogens (tertiary/aromatic N) is 1. The number of ether oxygens (including phenoxy) is 1. The van der Waals surface area contributed by atoms with Crippen molar-refractivity contribution in [2.45, 2.75) is 6.92 Å². The van der Waals surface area contributed by atoms with Crippen LogP contribution in [0, 0.1) is 0 Å². The molecule has 64 valence electrons. The molecule has 0 aromatic heterocycles. The molecule has 2 amide bonds. The van der Waals surface area contributed by atoms with E-state index in [1.165, 1.54) is 0 Å². The maximum atomic E-state index is 10.6. The van der Waals surface area contributed by atoms with Gasteiger partial charge in [0.05, 0.1) is 6.61 Å². The highest BCUT2D eigenvalue weighted by atomic mass is 32.1. The summed E-state index contributed by atoms with van der Waals surface area (Å²) >= 11 is 2.61. The third-order valence-electron chi connectivity index (χ3n) is 0.791. The smallest absolute Gasteiger partial charge is 0.346 e. The standard InChI is InChI=1S/C5H10N2O3S/c1-2-10-4(8)3-6-5(9)7-11/h2-3,11H2,1H3,(H,6,9). The van der Waals surface area contributed by atoms with Gasteiger partial charge in [-0.2, -0.15) is 4.36 Å². The van der Waals surface area contributed by atoms with Crippen molar-refractivity contribution in [2.75, 3.05) is 13.2 Å². The van der Waals surface area contributed by atoms with Crippen LogP contribution in [0.15, 0.2) is 4.36 Å². The average Bonchev–Trinajstić information content (AvgIpc) is 2.01. The summed E-state index contributed by atoms with van der Waals surface area (Å²) < 4.78 is 7.59. The molecule has 1 N–H and O–H groups in total. The SMILES string of the molecule is CCOC(=O)CNC(=O)N=[SH2]. The lowest BCUT2D eigenvalue weighted by molar-refractivity contribution is -0.141. The lowest BCUT2D eigenvalue weighted by Gasteiger charge is -2.00. The largest absolute Gasteiger partial charge is 0.465 e. The molecule has 0 rings (SSSR count). The van der Waals surface area contributed by atoms with Gasteiger partial charge in [-0.1, -0.05) is 0 Å². The molecule has 11 heavy (non-hydrogen) atoms. The van der Waals surface area contributed by atoms with Crippen molar-refractivity contribution >= 4 is 24.4 Å². The van der Waals surface area contributed by atoms with Gasteiger partial charge >= 0.3 is 12.0 Å². The van der Waals surface area contributed by atoms with Crippen LogP contribution in [-0.4, -0.2) is 25.2 Å². The molecule has 0 atom stereocenters. The van der Waals surface area contributed by atoms with Gasteiger partial charge < -0.3 is 10.1 Å². The number of amides is 2. The third-order valence-corrected chi connectivity index (χ3v) is 0.994. The summed E-state index contributed by atoms with van der Waals surface area (Å²) in [6.07, 6.45) is 0. The summed E-state index contributed by atoms with van der Waals surface area (Å²) in [5.41, 5.74) is 0. The highest BCUT2D eigenvalue weighted by Crippen LogP contribution is 1.76. The number of hydrogen-bond acceptors (Lipinski definition) is 3. The highest BCUT2D eigenvalue weighted by Gasteiger charge is 2.02. The first-order valence-electron chi connectivity index (χ1n) is 3.01. The van der Waals surface area contributed by atoms with Crippen molar-refractivity contribution in [3.8, 4) is 0 Å². The van der Waals surface area contributed by atoms with Crippen LogP contribution in [0.25, 0.3) is 0 Å². The van der Waals surface area contributed by atoms with Gasteiger partial charge in [-0.15, -0.1) is 12.4 Å². The van der Waals surface area contributed by atoms with Crippen LogP contribution in [0.2, 0.25) is 0 Å². The quantitative estimate of drug-likeness (QED) is 0.590. The van der Waals surface area contributed by atoms with Crippen molar-refractivity contribution in [3.05, 3.63) is 0 Å². The maximum absolute atomic E-state index is 10.6. The first kappa shape index (κ1) is 10.1. The zero-order valence-electron chi connectivity index (χ0n) is 6.09. The van der Waals surface area contributed by atoms with Crippen molar-refractivity contribution < 1.29 is 14.3 Å². The van der Waals surface area contributed by atoms with Gasteiger partial charge in [0.15, 0.2) is 0 Å². The Kier molecular flexibility index (Phi) is 5.36. The fourth-order valence-corrected chi connectivity index (χ4v) is 0.478. The molecule has 5 nitrogen and oxygen atoms in total. The normalized spacial score (nSPS) is 8.55. The van der Waals surface area contributed by atoms with Crippen LogP contribution in [0.4, 0.5) is 4.79 Å². The van der Waals surface area contributed by atoms with Crippen LogP contribution in [-0.2, 0) is 22.0 Å². The molecule has 0 radical (unpaired) electrons. The molecule has 0 heterocycles. The summed E-state index contributed by atoms with van der Waals surface area (Å²) in [7, 11) is 0. The van der Waals surface area contributed by atoms with Crippen LogP contribution in [0.5, 0.6) is 0 Å². The fraction of sp³-hybridized carbons (Fsp3) is 0.600. The molecule has 0 aliphatic rings. The second kappa shape index (κ2) is 5.84. The molecule has 0 bridgehead atoms. The zero-order valence-corrected chi connectivity index (χ0v) is 7.09. The number of carbonyl (C=O) groups is 2. The topological polar surface area (TPSA) is 67.8 Å².